The Bertz CT molecular complexity index is 1220. The standard InChI is InChI=1S/C26H22O3/c1-28-19-12-10-17(11-13-19)25-24(27)14-15-29-26(25)23-16-18-6-2-3-7-20(18)21-8-4-5-9-22(21)23/h2-13,16,24,27H,14-15H2,1H3. The summed E-state index contributed by atoms with van der Waals surface area (Å²) < 4.78 is 11.5. The van der Waals surface area contributed by atoms with E-state index in [1.54, 1.807) is 7.11 Å². The summed E-state index contributed by atoms with van der Waals surface area (Å²) in [7, 11) is 1.65. The first kappa shape index (κ1) is 17.8. The summed E-state index contributed by atoms with van der Waals surface area (Å²) in [6.07, 6.45) is 0.00787. The summed E-state index contributed by atoms with van der Waals surface area (Å²) >= 11 is 0. The van der Waals surface area contributed by atoms with Gasteiger partial charge in [0.25, 0.3) is 0 Å². The summed E-state index contributed by atoms with van der Waals surface area (Å²) in [5, 5.41) is 15.6. The molecule has 0 fully saturated rings. The Morgan fingerprint density at radius 3 is 2.31 bits per heavy atom. The van der Waals surface area contributed by atoms with Crippen molar-refractivity contribution in [2.45, 2.75) is 12.5 Å². The first-order valence-corrected chi connectivity index (χ1v) is 9.86. The topological polar surface area (TPSA) is 38.7 Å². The first-order chi connectivity index (χ1) is 14.3. The molecule has 0 saturated heterocycles. The van der Waals surface area contributed by atoms with Crippen molar-refractivity contribution >= 4 is 32.9 Å². The van der Waals surface area contributed by atoms with Gasteiger partial charge in [-0.15, -0.1) is 0 Å². The van der Waals surface area contributed by atoms with Crippen LogP contribution in [0.3, 0.4) is 0 Å². The molecule has 1 heterocycles. The van der Waals surface area contributed by atoms with Crippen LogP contribution in [0.25, 0.3) is 32.9 Å². The van der Waals surface area contributed by atoms with E-state index in [0.29, 0.717) is 13.0 Å². The van der Waals surface area contributed by atoms with Gasteiger partial charge in [-0.3, -0.25) is 0 Å². The monoisotopic (exact) mass is 382 g/mol. The lowest BCUT2D eigenvalue weighted by Crippen LogP contribution is -2.20. The molecular formula is C26H22O3. The van der Waals surface area contributed by atoms with Crippen molar-refractivity contribution in [3.05, 3.63) is 90.0 Å². The second-order valence-corrected chi connectivity index (χ2v) is 7.32. The average Bonchev–Trinajstić information content (AvgIpc) is 2.78. The molecule has 0 radical (unpaired) electrons. The number of hydrogen-bond acceptors (Lipinski definition) is 3. The van der Waals surface area contributed by atoms with Gasteiger partial charge in [-0.2, -0.15) is 0 Å². The molecule has 3 nitrogen and oxygen atoms in total. The Morgan fingerprint density at radius 2 is 1.55 bits per heavy atom. The van der Waals surface area contributed by atoms with Crippen molar-refractivity contribution in [1.82, 2.24) is 0 Å². The van der Waals surface area contributed by atoms with E-state index in [9.17, 15) is 5.11 Å². The Kier molecular flexibility index (Phi) is 4.45. The summed E-state index contributed by atoms with van der Waals surface area (Å²) in [6.45, 7) is 0.497. The zero-order valence-corrected chi connectivity index (χ0v) is 16.3. The summed E-state index contributed by atoms with van der Waals surface area (Å²) in [5.74, 6) is 1.55. The molecule has 0 aromatic heterocycles. The van der Waals surface area contributed by atoms with E-state index in [1.807, 2.05) is 30.3 Å². The third-order valence-electron chi connectivity index (χ3n) is 5.63. The summed E-state index contributed by atoms with van der Waals surface area (Å²) in [4.78, 5) is 0. The van der Waals surface area contributed by atoms with Crippen molar-refractivity contribution < 1.29 is 14.6 Å². The highest BCUT2D eigenvalue weighted by Gasteiger charge is 2.26. The normalized spacial score (nSPS) is 16.8. The molecule has 0 bridgehead atoms. The quantitative estimate of drug-likeness (QED) is 0.465. The minimum absolute atomic E-state index is 0.497. The van der Waals surface area contributed by atoms with Crippen LogP contribution in [0.1, 0.15) is 17.5 Å². The maximum absolute atomic E-state index is 10.9. The molecule has 1 atom stereocenters. The van der Waals surface area contributed by atoms with E-state index in [2.05, 4.69) is 48.5 Å². The number of fused-ring (bicyclic) bond motifs is 3. The van der Waals surface area contributed by atoms with E-state index in [1.165, 1.54) is 10.8 Å². The number of aliphatic hydroxyl groups excluding tert-OH is 1. The van der Waals surface area contributed by atoms with Gasteiger partial charge in [0.05, 0.1) is 19.8 Å². The van der Waals surface area contributed by atoms with Gasteiger partial charge in [-0.1, -0.05) is 60.7 Å². The van der Waals surface area contributed by atoms with Crippen LogP contribution in [0.4, 0.5) is 0 Å². The average molecular weight is 382 g/mol. The fraction of sp³-hybridized carbons (Fsp3) is 0.154. The highest BCUT2D eigenvalue weighted by atomic mass is 16.5. The number of benzene rings is 4. The fourth-order valence-corrected chi connectivity index (χ4v) is 4.21. The molecule has 4 aromatic rings. The molecular weight excluding hydrogens is 360 g/mol. The third kappa shape index (κ3) is 3.04. The van der Waals surface area contributed by atoms with Gasteiger partial charge in [0, 0.05) is 17.6 Å². The fourth-order valence-electron chi connectivity index (χ4n) is 4.21. The molecule has 0 amide bonds. The van der Waals surface area contributed by atoms with Gasteiger partial charge in [0.1, 0.15) is 11.5 Å². The SMILES string of the molecule is COc1ccc(C2=C(c3cc4ccccc4c4ccccc34)OCCC2O)cc1. The molecule has 3 heteroatoms. The maximum Gasteiger partial charge on any atom is 0.133 e. The van der Waals surface area contributed by atoms with Crippen LogP contribution in [0.15, 0.2) is 78.9 Å². The smallest absolute Gasteiger partial charge is 0.133 e. The zero-order chi connectivity index (χ0) is 19.8. The van der Waals surface area contributed by atoms with Crippen molar-refractivity contribution in [2.24, 2.45) is 0 Å². The summed E-state index contributed by atoms with van der Waals surface area (Å²) in [6, 6.07) is 26.7. The predicted molar refractivity (Wildman–Crippen MR) is 118 cm³/mol. The lowest BCUT2D eigenvalue weighted by atomic mass is 9.89. The zero-order valence-electron chi connectivity index (χ0n) is 16.3. The molecule has 0 spiro atoms. The molecule has 0 saturated carbocycles. The largest absolute Gasteiger partial charge is 0.497 e. The molecule has 1 unspecified atom stereocenters. The van der Waals surface area contributed by atoms with Gasteiger partial charge in [-0.05, 0) is 45.3 Å². The Balaban J connectivity index is 1.81. The van der Waals surface area contributed by atoms with Gasteiger partial charge in [0.2, 0.25) is 0 Å². The molecule has 29 heavy (non-hydrogen) atoms. The number of ether oxygens (including phenoxy) is 2. The molecule has 1 aliphatic heterocycles. The molecule has 1 N–H and O–H groups in total. The van der Waals surface area contributed by atoms with Gasteiger partial charge >= 0.3 is 0 Å². The minimum Gasteiger partial charge on any atom is -0.497 e. The van der Waals surface area contributed by atoms with Crippen LogP contribution < -0.4 is 4.74 Å². The van der Waals surface area contributed by atoms with Crippen molar-refractivity contribution in [1.29, 1.82) is 0 Å². The Hall–Kier alpha value is -3.30. The highest BCUT2D eigenvalue weighted by molar-refractivity contribution is 6.13. The van der Waals surface area contributed by atoms with Gasteiger partial charge in [-0.25, -0.2) is 0 Å². The third-order valence-corrected chi connectivity index (χ3v) is 5.63. The van der Waals surface area contributed by atoms with Crippen LogP contribution in [-0.2, 0) is 4.74 Å². The van der Waals surface area contributed by atoms with E-state index in [-0.39, 0.29) is 0 Å². The molecule has 4 aromatic carbocycles. The van der Waals surface area contributed by atoms with E-state index in [4.69, 9.17) is 9.47 Å². The van der Waals surface area contributed by atoms with Crippen molar-refractivity contribution in [3.8, 4) is 5.75 Å². The van der Waals surface area contributed by atoms with Crippen LogP contribution in [0.2, 0.25) is 0 Å². The second-order valence-electron chi connectivity index (χ2n) is 7.32. The van der Waals surface area contributed by atoms with Crippen LogP contribution in [0.5, 0.6) is 5.75 Å². The van der Waals surface area contributed by atoms with E-state index < -0.39 is 6.10 Å². The van der Waals surface area contributed by atoms with Crippen molar-refractivity contribution in [2.75, 3.05) is 13.7 Å². The second kappa shape index (κ2) is 7.26. The Labute approximate surface area is 169 Å². The van der Waals surface area contributed by atoms with E-state index in [0.717, 1.165) is 39.0 Å². The molecule has 1 aliphatic rings. The highest BCUT2D eigenvalue weighted by Crippen LogP contribution is 2.40. The van der Waals surface area contributed by atoms with Gasteiger partial charge < -0.3 is 14.6 Å². The van der Waals surface area contributed by atoms with Crippen molar-refractivity contribution in [3.63, 3.8) is 0 Å². The number of rotatable bonds is 3. The lowest BCUT2D eigenvalue weighted by molar-refractivity contribution is 0.155. The molecule has 0 aliphatic carbocycles. The minimum atomic E-state index is -0.572. The van der Waals surface area contributed by atoms with Crippen LogP contribution >= 0.6 is 0 Å². The summed E-state index contributed by atoms with van der Waals surface area (Å²) in [5.41, 5.74) is 2.80. The molecule has 144 valence electrons. The van der Waals surface area contributed by atoms with Gasteiger partial charge in [0.15, 0.2) is 0 Å². The molecule has 5 rings (SSSR count). The number of aliphatic hydroxyl groups is 1. The van der Waals surface area contributed by atoms with Crippen LogP contribution in [0, 0.1) is 0 Å². The predicted octanol–water partition coefficient (Wildman–Crippen LogP) is 5.65. The maximum atomic E-state index is 10.9. The number of hydrogen-bond donors (Lipinski definition) is 1. The van der Waals surface area contributed by atoms with Crippen LogP contribution in [-0.4, -0.2) is 24.9 Å². The van der Waals surface area contributed by atoms with E-state index >= 15 is 0 Å². The lowest BCUT2D eigenvalue weighted by Gasteiger charge is -2.27. The first-order valence-electron chi connectivity index (χ1n) is 9.86. The Morgan fingerprint density at radius 1 is 0.862 bits per heavy atom. The number of methoxy groups -OCH3 is 1.